The van der Waals surface area contributed by atoms with E-state index in [4.69, 9.17) is 9.15 Å². The van der Waals surface area contributed by atoms with Crippen LogP contribution in [0, 0.1) is 0 Å². The van der Waals surface area contributed by atoms with Crippen molar-refractivity contribution >= 4 is 71.3 Å². The summed E-state index contributed by atoms with van der Waals surface area (Å²) in [7, 11) is 0. The minimum absolute atomic E-state index is 0.537. The van der Waals surface area contributed by atoms with Gasteiger partial charge in [0, 0.05) is 33.3 Å². The van der Waals surface area contributed by atoms with Gasteiger partial charge in [-0.1, -0.05) is 194 Å². The van der Waals surface area contributed by atoms with Gasteiger partial charge in [-0.05, 0) is 126 Å². The molecule has 12 aromatic carbocycles. The molecular formula is C67H41NO2. The SMILES string of the molecule is c1ccc2c(c1)Oc1ccccc1C21c2ccccc2-c2c(-c3ccc(N(c4ccc(-c5cc6ccccc6c6ccccc56)cc4)c4cc5ccccc5c5oc6ccccc6c45)cc3)cccc21. The van der Waals surface area contributed by atoms with Gasteiger partial charge in [0.05, 0.1) is 16.5 Å². The molecule has 13 aromatic rings. The zero-order chi connectivity index (χ0) is 45.9. The lowest BCUT2D eigenvalue weighted by Crippen LogP contribution is -2.32. The van der Waals surface area contributed by atoms with Crippen molar-refractivity contribution in [3.05, 3.63) is 271 Å². The van der Waals surface area contributed by atoms with Crippen LogP contribution in [0.25, 0.3) is 87.6 Å². The average molecular weight is 892 g/mol. The summed E-state index contributed by atoms with van der Waals surface area (Å²) in [5, 5.41) is 9.39. The summed E-state index contributed by atoms with van der Waals surface area (Å²) in [5.41, 5.74) is 16.5. The highest BCUT2D eigenvalue weighted by molar-refractivity contribution is 6.22. The number of fused-ring (bicyclic) bond motifs is 17. The van der Waals surface area contributed by atoms with E-state index < -0.39 is 5.41 Å². The van der Waals surface area contributed by atoms with E-state index in [9.17, 15) is 0 Å². The second-order valence-corrected chi connectivity index (χ2v) is 18.7. The number of benzene rings is 12. The molecule has 3 nitrogen and oxygen atoms in total. The zero-order valence-corrected chi connectivity index (χ0v) is 37.9. The van der Waals surface area contributed by atoms with Crippen LogP contribution in [0.2, 0.25) is 0 Å². The zero-order valence-electron chi connectivity index (χ0n) is 37.9. The van der Waals surface area contributed by atoms with Gasteiger partial charge in [-0.15, -0.1) is 0 Å². The van der Waals surface area contributed by atoms with Crippen LogP contribution >= 0.6 is 0 Å². The number of anilines is 3. The van der Waals surface area contributed by atoms with Gasteiger partial charge in [0.1, 0.15) is 22.7 Å². The van der Waals surface area contributed by atoms with Crippen LogP contribution < -0.4 is 9.64 Å². The van der Waals surface area contributed by atoms with Crippen LogP contribution in [-0.4, -0.2) is 0 Å². The van der Waals surface area contributed by atoms with Gasteiger partial charge in [-0.2, -0.15) is 0 Å². The lowest BCUT2D eigenvalue weighted by Gasteiger charge is -2.39. The molecule has 70 heavy (non-hydrogen) atoms. The Labute approximate surface area is 404 Å². The lowest BCUT2D eigenvalue weighted by atomic mass is 9.66. The normalized spacial score (nSPS) is 13.1. The van der Waals surface area contributed by atoms with Crippen molar-refractivity contribution < 1.29 is 9.15 Å². The molecule has 3 heteroatoms. The summed E-state index contributed by atoms with van der Waals surface area (Å²) in [6.45, 7) is 0. The second kappa shape index (κ2) is 14.9. The standard InChI is InChI=1S/C67H41NO2/c1-3-18-48-44(16-1)40-55(52-21-6-5-20-51(48)52)43-34-38-47(39-35-43)68(60-41-45-17-2-4-19-50(45)66-65(60)54-23-8-12-29-61(54)70-66)46-36-32-42(33-37-46)49-24-15-28-59-64(49)53-22-7-9-25-56(53)67(59)57-26-10-13-30-62(57)69-63-31-14-11-27-58(63)67/h1-41H. The highest BCUT2D eigenvalue weighted by Gasteiger charge is 2.51. The van der Waals surface area contributed by atoms with Gasteiger partial charge < -0.3 is 14.1 Å². The fourth-order valence-corrected chi connectivity index (χ4v) is 12.2. The number of furan rings is 1. The molecule has 0 saturated carbocycles. The van der Waals surface area contributed by atoms with Crippen LogP contribution in [0.4, 0.5) is 17.1 Å². The Hall–Kier alpha value is -9.18. The molecule has 1 aromatic heterocycles. The number of hydrogen-bond donors (Lipinski definition) is 0. The van der Waals surface area contributed by atoms with Crippen molar-refractivity contribution in [2.24, 2.45) is 0 Å². The molecule has 1 spiro atoms. The van der Waals surface area contributed by atoms with Crippen molar-refractivity contribution in [1.82, 2.24) is 0 Å². The number of para-hydroxylation sites is 3. The molecule has 2 aliphatic rings. The summed E-state index contributed by atoms with van der Waals surface area (Å²) < 4.78 is 13.4. The third-order valence-corrected chi connectivity index (χ3v) is 15.1. The first kappa shape index (κ1) is 38.9. The molecule has 326 valence electrons. The van der Waals surface area contributed by atoms with Crippen LogP contribution in [-0.2, 0) is 5.41 Å². The van der Waals surface area contributed by atoms with E-state index in [0.717, 1.165) is 78.0 Å². The first-order valence-corrected chi connectivity index (χ1v) is 24.1. The first-order chi connectivity index (χ1) is 34.7. The Morgan fingerprint density at radius 3 is 1.57 bits per heavy atom. The summed E-state index contributed by atoms with van der Waals surface area (Å²) in [4.78, 5) is 2.42. The summed E-state index contributed by atoms with van der Waals surface area (Å²) in [6, 6.07) is 90.4. The minimum Gasteiger partial charge on any atom is -0.457 e. The Kier molecular flexibility index (Phi) is 8.28. The van der Waals surface area contributed by atoms with Crippen molar-refractivity contribution in [2.45, 2.75) is 5.41 Å². The predicted octanol–water partition coefficient (Wildman–Crippen LogP) is 18.3. The van der Waals surface area contributed by atoms with Gasteiger partial charge in [-0.3, -0.25) is 0 Å². The smallest absolute Gasteiger partial charge is 0.145 e. The van der Waals surface area contributed by atoms with E-state index in [-0.39, 0.29) is 0 Å². The quantitative estimate of drug-likeness (QED) is 0.161. The van der Waals surface area contributed by atoms with Crippen LogP contribution in [0.1, 0.15) is 22.3 Å². The van der Waals surface area contributed by atoms with E-state index >= 15 is 0 Å². The van der Waals surface area contributed by atoms with Crippen molar-refractivity contribution in [1.29, 1.82) is 0 Å². The first-order valence-electron chi connectivity index (χ1n) is 24.1. The largest absolute Gasteiger partial charge is 0.457 e. The molecule has 0 atom stereocenters. The number of nitrogens with zero attached hydrogens (tertiary/aromatic N) is 1. The van der Waals surface area contributed by atoms with E-state index in [2.05, 4.69) is 254 Å². The highest BCUT2D eigenvalue weighted by atomic mass is 16.5. The molecule has 0 unspecified atom stereocenters. The number of rotatable bonds is 5. The van der Waals surface area contributed by atoms with E-state index in [0.29, 0.717) is 0 Å². The molecule has 2 heterocycles. The molecule has 1 aliphatic heterocycles. The summed E-state index contributed by atoms with van der Waals surface area (Å²) in [6.07, 6.45) is 0. The maximum Gasteiger partial charge on any atom is 0.145 e. The molecule has 0 N–H and O–H groups in total. The van der Waals surface area contributed by atoms with Crippen molar-refractivity contribution in [3.8, 4) is 44.9 Å². The third kappa shape index (κ3) is 5.46. The van der Waals surface area contributed by atoms with Gasteiger partial charge >= 0.3 is 0 Å². The van der Waals surface area contributed by atoms with Crippen molar-refractivity contribution in [3.63, 3.8) is 0 Å². The molecule has 1 aliphatic carbocycles. The second-order valence-electron chi connectivity index (χ2n) is 18.7. The van der Waals surface area contributed by atoms with Gasteiger partial charge in [0.2, 0.25) is 0 Å². The van der Waals surface area contributed by atoms with Crippen LogP contribution in [0.15, 0.2) is 253 Å². The molecule has 0 saturated heterocycles. The molecule has 15 rings (SSSR count). The fourth-order valence-electron chi connectivity index (χ4n) is 12.2. The van der Waals surface area contributed by atoms with Gasteiger partial charge in [0.15, 0.2) is 0 Å². The molecule has 0 amide bonds. The Balaban J connectivity index is 0.926. The fraction of sp³-hybridized carbons (Fsp3) is 0.0149. The van der Waals surface area contributed by atoms with Crippen LogP contribution in [0.3, 0.4) is 0 Å². The number of hydrogen-bond acceptors (Lipinski definition) is 3. The highest BCUT2D eigenvalue weighted by Crippen LogP contribution is 2.63. The molecule has 0 fully saturated rings. The summed E-state index contributed by atoms with van der Waals surface area (Å²) >= 11 is 0. The Morgan fingerprint density at radius 1 is 0.343 bits per heavy atom. The summed E-state index contributed by atoms with van der Waals surface area (Å²) in [5.74, 6) is 1.79. The lowest BCUT2D eigenvalue weighted by molar-refractivity contribution is 0.436. The Bertz CT molecular complexity index is 4230. The predicted molar refractivity (Wildman–Crippen MR) is 289 cm³/mol. The molecule has 0 bridgehead atoms. The number of ether oxygens (including phenoxy) is 1. The molecule has 0 radical (unpaired) electrons. The van der Waals surface area contributed by atoms with E-state index in [1.807, 2.05) is 0 Å². The maximum absolute atomic E-state index is 6.79. The third-order valence-electron chi connectivity index (χ3n) is 15.1. The van der Waals surface area contributed by atoms with Crippen LogP contribution in [0.5, 0.6) is 11.5 Å². The maximum atomic E-state index is 6.79. The van der Waals surface area contributed by atoms with E-state index in [1.54, 1.807) is 0 Å². The Morgan fingerprint density at radius 2 is 0.857 bits per heavy atom. The topological polar surface area (TPSA) is 25.6 Å². The average Bonchev–Trinajstić information content (AvgIpc) is 3.97. The van der Waals surface area contributed by atoms with Crippen molar-refractivity contribution in [2.75, 3.05) is 4.90 Å². The molecular weight excluding hydrogens is 851 g/mol. The monoisotopic (exact) mass is 891 g/mol. The van der Waals surface area contributed by atoms with Gasteiger partial charge in [-0.25, -0.2) is 0 Å². The minimum atomic E-state index is -0.537. The van der Waals surface area contributed by atoms with Gasteiger partial charge in [0.25, 0.3) is 0 Å². The van der Waals surface area contributed by atoms with E-state index in [1.165, 1.54) is 60.5 Å².